The summed E-state index contributed by atoms with van der Waals surface area (Å²) in [7, 11) is -3.72. The second-order valence-electron chi connectivity index (χ2n) is 16.3. The summed E-state index contributed by atoms with van der Waals surface area (Å²) in [4.78, 5) is 69.7. The number of hydrogen-bond acceptors (Lipinski definition) is 7. The van der Waals surface area contributed by atoms with Crippen molar-refractivity contribution in [2.24, 2.45) is 23.2 Å². The van der Waals surface area contributed by atoms with Crippen molar-refractivity contribution in [3.05, 3.63) is 42.5 Å². The zero-order valence-corrected chi connectivity index (χ0v) is 33.1. The third-order valence-electron chi connectivity index (χ3n) is 11.0. The number of urea groups is 1. The van der Waals surface area contributed by atoms with Crippen LogP contribution in [0.15, 0.2) is 41.8 Å². The van der Waals surface area contributed by atoms with Gasteiger partial charge in [-0.1, -0.05) is 91.5 Å². The van der Waals surface area contributed by atoms with E-state index in [2.05, 4.69) is 27.8 Å². The van der Waals surface area contributed by atoms with Crippen molar-refractivity contribution in [1.29, 1.82) is 0 Å². The lowest BCUT2D eigenvalue weighted by molar-refractivity contribution is -0.143. The Balaban J connectivity index is 1.54. The average molecular weight is 757 g/mol. The molecule has 294 valence electrons. The van der Waals surface area contributed by atoms with E-state index in [-0.39, 0.29) is 55.2 Å². The summed E-state index contributed by atoms with van der Waals surface area (Å²) in [6.07, 6.45) is 7.38. The quantitative estimate of drug-likeness (QED) is 0.155. The number of ketones is 1. The lowest BCUT2D eigenvalue weighted by atomic mass is 9.83. The fraction of sp³-hybridized carbons (Fsp3) is 0.667. The van der Waals surface area contributed by atoms with Gasteiger partial charge < -0.3 is 26.2 Å². The maximum absolute atomic E-state index is 14.5. The van der Waals surface area contributed by atoms with Gasteiger partial charge in [0.15, 0.2) is 0 Å². The molecule has 3 aliphatic rings. The molecule has 14 heteroatoms. The molecule has 0 bridgehead atoms. The number of amides is 5. The number of Topliss-reactive ketones (excluding diaryl/α,β-unsaturated/α-hetero) is 1. The fourth-order valence-electron chi connectivity index (χ4n) is 7.77. The number of benzene rings is 1. The predicted molar refractivity (Wildman–Crippen MR) is 203 cm³/mol. The molecular weight excluding hydrogens is 697 g/mol. The van der Waals surface area contributed by atoms with Gasteiger partial charge >= 0.3 is 6.03 Å². The molecule has 1 aliphatic carbocycles. The highest BCUT2D eigenvalue weighted by molar-refractivity contribution is 7.89. The van der Waals surface area contributed by atoms with Crippen LogP contribution in [0.1, 0.15) is 98.5 Å². The second-order valence-corrected chi connectivity index (χ2v) is 18.2. The Morgan fingerprint density at radius 1 is 0.981 bits per heavy atom. The maximum atomic E-state index is 14.5. The standard InChI is InChI=1S/C39H60N6O7S/c1-8-15-29(33(46)36(48)40-20-9-2)41-35(47)31-21-28(25(3)4)23-45(31)37(49)34(39(5,6)7)43-38(50)42-30(26-16-11-10-12-17-26)24-44-22-27-18-13-14-19-32(27)53(44,51)52/h9,13-14,18-19,25-26,28-31,34H,2,8,10-12,15-17,20-24H2,1,3-7H3,(H,40,48)(H,41,47)(H2,42,43,50)/t28-,29?,30-,31+,34-/m1/s1. The summed E-state index contributed by atoms with van der Waals surface area (Å²) in [6, 6.07) is 2.87. The molecule has 1 aromatic carbocycles. The van der Waals surface area contributed by atoms with E-state index < -0.39 is 69.1 Å². The number of likely N-dealkylation sites (tertiary alicyclic amines) is 1. The smallest absolute Gasteiger partial charge is 0.315 e. The Morgan fingerprint density at radius 2 is 1.66 bits per heavy atom. The highest BCUT2D eigenvalue weighted by Crippen LogP contribution is 2.34. The van der Waals surface area contributed by atoms with Crippen molar-refractivity contribution >= 4 is 39.6 Å². The number of fused-ring (bicyclic) bond motifs is 1. The molecule has 2 fully saturated rings. The Bertz CT molecular complexity index is 1620. The average Bonchev–Trinajstić information content (AvgIpc) is 3.68. The van der Waals surface area contributed by atoms with Crippen LogP contribution in [0.3, 0.4) is 0 Å². The molecule has 53 heavy (non-hydrogen) atoms. The van der Waals surface area contributed by atoms with Crippen molar-refractivity contribution in [2.75, 3.05) is 19.6 Å². The Hall–Kier alpha value is -3.78. The van der Waals surface area contributed by atoms with Gasteiger partial charge in [-0.3, -0.25) is 19.2 Å². The first-order valence-corrected chi connectivity index (χ1v) is 20.6. The number of carbonyl (C=O) groups excluding carboxylic acids is 5. The molecule has 1 saturated carbocycles. The van der Waals surface area contributed by atoms with Crippen LogP contribution in [0.5, 0.6) is 0 Å². The Morgan fingerprint density at radius 3 is 2.26 bits per heavy atom. The van der Waals surface area contributed by atoms with E-state index in [9.17, 15) is 32.4 Å². The fourth-order valence-corrected chi connectivity index (χ4v) is 9.42. The van der Waals surface area contributed by atoms with Crippen molar-refractivity contribution < 1.29 is 32.4 Å². The van der Waals surface area contributed by atoms with Crippen molar-refractivity contribution in [3.8, 4) is 0 Å². The number of sulfonamides is 1. The number of rotatable bonds is 15. The SMILES string of the molecule is C=CCNC(=O)C(=O)C(CCC)NC(=O)[C@@H]1C[C@@H](C(C)C)CN1C(=O)[C@@H](NC(=O)N[C@H](CN1Cc2ccccc2S1(=O)=O)C1CCCCC1)C(C)(C)C. The lowest BCUT2D eigenvalue weighted by Gasteiger charge is -2.37. The first-order chi connectivity index (χ1) is 25.0. The van der Waals surface area contributed by atoms with Crippen molar-refractivity contribution in [2.45, 2.75) is 129 Å². The zero-order chi connectivity index (χ0) is 39.1. The molecular formula is C39H60N6O7S. The third kappa shape index (κ3) is 10.3. The lowest BCUT2D eigenvalue weighted by Crippen LogP contribution is -2.61. The third-order valence-corrected chi connectivity index (χ3v) is 12.9. The zero-order valence-electron chi connectivity index (χ0n) is 32.3. The summed E-state index contributed by atoms with van der Waals surface area (Å²) >= 11 is 0. The number of hydrogen-bond donors (Lipinski definition) is 4. The van der Waals surface area contributed by atoms with Gasteiger partial charge in [0.25, 0.3) is 5.91 Å². The maximum Gasteiger partial charge on any atom is 0.315 e. The topological polar surface area (TPSA) is 174 Å². The molecule has 5 amide bonds. The summed E-state index contributed by atoms with van der Waals surface area (Å²) < 4.78 is 28.4. The highest BCUT2D eigenvalue weighted by Gasteiger charge is 2.46. The van der Waals surface area contributed by atoms with E-state index in [1.165, 1.54) is 15.3 Å². The van der Waals surface area contributed by atoms with Gasteiger partial charge in [-0.15, -0.1) is 6.58 Å². The van der Waals surface area contributed by atoms with Crippen LogP contribution in [0.2, 0.25) is 0 Å². The van der Waals surface area contributed by atoms with E-state index in [4.69, 9.17) is 0 Å². The van der Waals surface area contributed by atoms with Crippen LogP contribution in [0.25, 0.3) is 0 Å². The van der Waals surface area contributed by atoms with Crippen LogP contribution in [0, 0.1) is 23.2 Å². The van der Waals surface area contributed by atoms with Crippen molar-refractivity contribution in [1.82, 2.24) is 30.5 Å². The Kier molecular flexibility index (Phi) is 14.3. The van der Waals surface area contributed by atoms with Gasteiger partial charge in [0.2, 0.25) is 27.6 Å². The molecule has 4 rings (SSSR count). The monoisotopic (exact) mass is 756 g/mol. The first kappa shape index (κ1) is 42.0. The van der Waals surface area contributed by atoms with Gasteiger partial charge in [-0.05, 0) is 60.5 Å². The van der Waals surface area contributed by atoms with Gasteiger partial charge in [-0.2, -0.15) is 4.31 Å². The molecule has 1 unspecified atom stereocenters. The summed E-state index contributed by atoms with van der Waals surface area (Å²) in [6.45, 7) is 15.7. The van der Waals surface area contributed by atoms with Crippen molar-refractivity contribution in [3.63, 3.8) is 0 Å². The molecule has 13 nitrogen and oxygen atoms in total. The normalized spacial score (nSPS) is 22.0. The van der Waals surface area contributed by atoms with Crippen LogP contribution in [-0.2, 0) is 35.7 Å². The molecule has 2 heterocycles. The summed E-state index contributed by atoms with van der Waals surface area (Å²) in [5, 5.41) is 11.2. The number of carbonyl (C=O) groups is 5. The number of nitrogens with one attached hydrogen (secondary N) is 4. The van der Waals surface area contributed by atoms with Crippen LogP contribution in [0.4, 0.5) is 4.79 Å². The van der Waals surface area contributed by atoms with E-state index in [1.54, 1.807) is 18.2 Å². The minimum Gasteiger partial charge on any atom is -0.346 e. The van der Waals surface area contributed by atoms with E-state index in [0.29, 0.717) is 12.8 Å². The van der Waals surface area contributed by atoms with Gasteiger partial charge in [0, 0.05) is 32.2 Å². The summed E-state index contributed by atoms with van der Waals surface area (Å²) in [5.41, 5.74) is -0.0433. The van der Waals surface area contributed by atoms with E-state index in [1.807, 2.05) is 47.6 Å². The molecule has 2 aliphatic heterocycles. The van der Waals surface area contributed by atoms with Gasteiger partial charge in [0.05, 0.1) is 10.9 Å². The molecule has 4 N–H and O–H groups in total. The summed E-state index contributed by atoms with van der Waals surface area (Å²) in [5.74, 6) is -2.32. The second kappa shape index (κ2) is 18.0. The van der Waals surface area contributed by atoms with Crippen LogP contribution >= 0.6 is 0 Å². The highest BCUT2D eigenvalue weighted by atomic mass is 32.2. The van der Waals surface area contributed by atoms with Gasteiger partial charge in [0.1, 0.15) is 12.1 Å². The van der Waals surface area contributed by atoms with Crippen LogP contribution in [-0.4, -0.2) is 91.0 Å². The molecule has 0 spiro atoms. The Labute approximate surface area is 315 Å². The number of nitrogens with zero attached hydrogens (tertiary/aromatic N) is 2. The first-order valence-electron chi connectivity index (χ1n) is 19.2. The largest absolute Gasteiger partial charge is 0.346 e. The van der Waals surface area contributed by atoms with Crippen LogP contribution < -0.4 is 21.3 Å². The molecule has 0 aromatic heterocycles. The van der Waals surface area contributed by atoms with Gasteiger partial charge in [-0.25, -0.2) is 13.2 Å². The van der Waals surface area contributed by atoms with E-state index >= 15 is 0 Å². The predicted octanol–water partition coefficient (Wildman–Crippen LogP) is 3.88. The minimum atomic E-state index is -3.72. The van der Waals surface area contributed by atoms with E-state index in [0.717, 1.165) is 37.7 Å². The molecule has 5 atom stereocenters. The molecule has 1 saturated heterocycles. The minimum absolute atomic E-state index is 0.0115. The molecule has 1 aromatic rings. The molecule has 0 radical (unpaired) electrons.